The number of thiol groups is 1. The molecule has 3 nitrogen and oxygen atoms in total. The summed E-state index contributed by atoms with van der Waals surface area (Å²) in [7, 11) is 0. The van der Waals surface area contributed by atoms with Crippen LogP contribution in [-0.4, -0.2) is 5.91 Å². The molecule has 0 N–H and O–H groups in total. The van der Waals surface area contributed by atoms with Crippen molar-refractivity contribution < 1.29 is 9.08 Å². The third kappa shape index (κ3) is 2.30. The van der Waals surface area contributed by atoms with Gasteiger partial charge in [-0.25, -0.2) is 4.79 Å². The number of hydrogen-bond acceptors (Lipinski definition) is 3. The summed E-state index contributed by atoms with van der Waals surface area (Å²) in [6, 6.07) is 5.46. The first-order valence-electron chi connectivity index (χ1n) is 3.79. The van der Waals surface area contributed by atoms with E-state index in [9.17, 15) is 4.79 Å². The second-order valence-corrected chi connectivity index (χ2v) is 2.89. The summed E-state index contributed by atoms with van der Waals surface area (Å²) in [4.78, 5) is 11.3. The van der Waals surface area contributed by atoms with Crippen LogP contribution in [0.2, 0.25) is 0 Å². The molecule has 0 saturated heterocycles. The first kappa shape index (κ1) is 10.2. The van der Waals surface area contributed by atoms with Crippen molar-refractivity contribution in [3.05, 3.63) is 34.9 Å². The van der Waals surface area contributed by atoms with Crippen molar-refractivity contribution in [2.24, 2.45) is 0 Å². The van der Waals surface area contributed by atoms with Crippen LogP contribution in [0.4, 0.5) is 0 Å². The van der Waals surface area contributed by atoms with E-state index in [2.05, 4.69) is 22.7 Å². The molecule has 0 unspecified atom stereocenters. The monoisotopic (exact) mass is 196 g/mol. The fourth-order valence-corrected chi connectivity index (χ4v) is 1.14. The number of carbonyl (C=O) groups is 1. The highest BCUT2D eigenvalue weighted by molar-refractivity contribution is 7.75. The second kappa shape index (κ2) is 4.41. The van der Waals surface area contributed by atoms with E-state index in [1.54, 1.807) is 6.07 Å². The molecule has 2 radical (unpaired) electrons. The first-order valence-corrected chi connectivity index (χ1v) is 4.15. The van der Waals surface area contributed by atoms with Gasteiger partial charge in [0, 0.05) is 0 Å². The maximum Gasteiger partial charge on any atom is 0.503 e. The van der Waals surface area contributed by atoms with E-state index >= 15 is 0 Å². The molecule has 0 bridgehead atoms. The van der Waals surface area contributed by atoms with Gasteiger partial charge in [-0.1, -0.05) is 12.1 Å². The van der Waals surface area contributed by atoms with Gasteiger partial charge in [-0.15, -0.1) is 0 Å². The Hall–Kier alpha value is -0.840. The van der Waals surface area contributed by atoms with Crippen LogP contribution in [0.25, 0.3) is 0 Å². The highest BCUT2D eigenvalue weighted by atomic mass is 32.1. The summed E-state index contributed by atoms with van der Waals surface area (Å²) in [6.07, 6.45) is 0. The zero-order valence-corrected chi connectivity index (χ0v) is 8.34. The fourth-order valence-electron chi connectivity index (χ4n) is 1.07. The number of amides is 1. The van der Waals surface area contributed by atoms with Gasteiger partial charge in [0.25, 0.3) is 0 Å². The molecule has 0 atom stereocenters. The maximum absolute atomic E-state index is 11.3. The summed E-state index contributed by atoms with van der Waals surface area (Å²) in [6.45, 7) is 3.81. The van der Waals surface area contributed by atoms with Gasteiger partial charge in [0.15, 0.2) is 0 Å². The Kier molecular flexibility index (Phi) is 3.48. The Labute approximate surface area is 82.7 Å². The van der Waals surface area contributed by atoms with Gasteiger partial charge in [-0.2, -0.15) is 0 Å². The highest BCUT2D eigenvalue weighted by Crippen LogP contribution is 2.12. The topological polar surface area (TPSA) is 40.4 Å². The van der Waals surface area contributed by atoms with Gasteiger partial charge in [0.1, 0.15) is 0 Å². The number of benzene rings is 1. The van der Waals surface area contributed by atoms with Crippen LogP contribution in [0.1, 0.15) is 21.5 Å². The lowest BCUT2D eigenvalue weighted by Gasteiger charge is -1.99. The normalized spacial score (nSPS) is 10.1. The lowest BCUT2D eigenvalue weighted by atomic mass is 10.0. The number of hydrogen-bond donors (Lipinski definition) is 1. The molecule has 0 aromatic heterocycles. The molecule has 0 spiro atoms. The predicted molar refractivity (Wildman–Crippen MR) is 52.5 cm³/mol. The van der Waals surface area contributed by atoms with Crippen LogP contribution in [0.15, 0.2) is 18.2 Å². The molecule has 0 aliphatic carbocycles. The van der Waals surface area contributed by atoms with Gasteiger partial charge >= 0.3 is 11.4 Å². The molecule has 13 heavy (non-hydrogen) atoms. The summed E-state index contributed by atoms with van der Waals surface area (Å²) in [5.41, 5.74) is 5.75. The van der Waals surface area contributed by atoms with Gasteiger partial charge in [-0.3, -0.25) is 0 Å². The molecule has 0 heterocycles. The van der Waals surface area contributed by atoms with Gasteiger partial charge < -0.3 is 0 Å². The largest absolute Gasteiger partial charge is 0.503 e. The smallest absolute Gasteiger partial charge is 0.208 e. The van der Waals surface area contributed by atoms with Crippen molar-refractivity contribution in [3.63, 3.8) is 0 Å². The van der Waals surface area contributed by atoms with E-state index in [4.69, 9.17) is 0 Å². The van der Waals surface area contributed by atoms with Crippen LogP contribution < -0.4 is 5.48 Å². The zero-order valence-electron chi connectivity index (χ0n) is 7.44. The molecule has 1 aromatic rings. The summed E-state index contributed by atoms with van der Waals surface area (Å²) in [5, 5.41) is 0. The van der Waals surface area contributed by atoms with E-state index < -0.39 is 5.91 Å². The zero-order chi connectivity index (χ0) is 9.84. The number of aryl methyl sites for hydroxylation is 1. The Balaban J connectivity index is 3.01. The highest BCUT2D eigenvalue weighted by Gasteiger charge is 2.25. The quantitative estimate of drug-likeness (QED) is 0.445. The minimum atomic E-state index is -0.406. The van der Waals surface area contributed by atoms with Crippen molar-refractivity contribution >= 4 is 18.8 Å². The molecular weight excluding hydrogens is 186 g/mol. The fraction of sp³-hybridized carbons (Fsp3) is 0.222. The molecule has 68 valence electrons. The number of carbonyl (C=O) groups excluding carboxylic acids is 1. The molecule has 1 amide bonds. The Bertz CT molecular complexity index is 325. The van der Waals surface area contributed by atoms with Gasteiger partial charge in [0.2, 0.25) is 0 Å². The van der Waals surface area contributed by atoms with Gasteiger partial charge in [0.05, 0.1) is 18.5 Å². The minimum absolute atomic E-state index is 0.406. The SMILES string of the molecule is Cc1cccc(C(=O)[N+]OS)c1C. The molecule has 4 heteroatoms. The van der Waals surface area contributed by atoms with E-state index in [0.29, 0.717) is 5.56 Å². The van der Waals surface area contributed by atoms with Crippen molar-refractivity contribution in [1.82, 2.24) is 5.48 Å². The van der Waals surface area contributed by atoms with Crippen LogP contribution in [0.5, 0.6) is 0 Å². The molecule has 1 aromatic carbocycles. The third-order valence-corrected chi connectivity index (χ3v) is 2.04. The first-order chi connectivity index (χ1) is 6.16. The number of rotatable bonds is 2. The maximum atomic E-state index is 11.3. The third-order valence-electron chi connectivity index (χ3n) is 1.96. The van der Waals surface area contributed by atoms with E-state index in [1.807, 2.05) is 26.0 Å². The predicted octanol–water partition coefficient (Wildman–Crippen LogP) is 1.82. The second-order valence-electron chi connectivity index (χ2n) is 2.73. The van der Waals surface area contributed by atoms with E-state index in [0.717, 1.165) is 11.1 Å². The molecule has 0 fully saturated rings. The lowest BCUT2D eigenvalue weighted by molar-refractivity contribution is 0.0786. The van der Waals surface area contributed by atoms with Crippen molar-refractivity contribution in [2.75, 3.05) is 0 Å². The standard InChI is InChI=1S/C9H10NO2S/c1-6-4-3-5-8(7(6)2)9(11)10-12-13/h3-5,13H,1-2H3/q+1. The van der Waals surface area contributed by atoms with E-state index in [-0.39, 0.29) is 0 Å². The van der Waals surface area contributed by atoms with Crippen molar-refractivity contribution in [3.8, 4) is 0 Å². The Morgan fingerprint density at radius 1 is 1.46 bits per heavy atom. The molecule has 0 aliphatic rings. The molecular formula is C9H10NO2S+. The number of nitrogens with zero attached hydrogens (tertiary/aromatic N) is 1. The summed E-state index contributed by atoms with van der Waals surface area (Å²) < 4.78 is 4.12. The van der Waals surface area contributed by atoms with Crippen molar-refractivity contribution in [2.45, 2.75) is 13.8 Å². The average Bonchev–Trinajstić information content (AvgIpc) is 2.10. The Morgan fingerprint density at radius 3 is 2.77 bits per heavy atom. The molecule has 0 saturated carbocycles. The summed E-state index contributed by atoms with van der Waals surface area (Å²) >= 11 is 3.38. The molecule has 1 rings (SSSR count). The average molecular weight is 196 g/mol. The van der Waals surface area contributed by atoms with Crippen LogP contribution >= 0.6 is 12.9 Å². The van der Waals surface area contributed by atoms with Crippen LogP contribution in [0.3, 0.4) is 0 Å². The van der Waals surface area contributed by atoms with Crippen LogP contribution in [-0.2, 0) is 4.28 Å². The summed E-state index contributed by atoms with van der Waals surface area (Å²) in [5.74, 6) is -0.406. The number of hydroxylamine groups is 1. The minimum Gasteiger partial charge on any atom is -0.208 e. The Morgan fingerprint density at radius 2 is 2.15 bits per heavy atom. The van der Waals surface area contributed by atoms with E-state index in [1.165, 1.54) is 0 Å². The van der Waals surface area contributed by atoms with Gasteiger partial charge in [-0.05, 0) is 35.3 Å². The molecule has 0 aliphatic heterocycles. The van der Waals surface area contributed by atoms with Crippen LogP contribution in [0, 0.1) is 13.8 Å². The lowest BCUT2D eigenvalue weighted by Crippen LogP contribution is -2.14. The van der Waals surface area contributed by atoms with Crippen molar-refractivity contribution in [1.29, 1.82) is 0 Å².